The lowest BCUT2D eigenvalue weighted by Gasteiger charge is -2.52. The van der Waals surface area contributed by atoms with Gasteiger partial charge in [-0.25, -0.2) is 22.6 Å². The molecule has 0 bridgehead atoms. The molecule has 1 N–H and O–H groups in total. The molecular weight excluding hydrogens is 829 g/mol. The molecule has 11 nitrogen and oxygen atoms in total. The van der Waals surface area contributed by atoms with Crippen molar-refractivity contribution in [2.75, 3.05) is 33.4 Å². The highest BCUT2D eigenvalue weighted by atomic mass is 35.6. The van der Waals surface area contributed by atoms with E-state index in [4.69, 9.17) is 58.5 Å². The molecule has 3 aliphatic heterocycles. The molecule has 3 aliphatic rings. The Labute approximate surface area is 330 Å². The third kappa shape index (κ3) is 9.28. The van der Waals surface area contributed by atoms with E-state index in [1.54, 1.807) is 13.8 Å². The van der Waals surface area contributed by atoms with Crippen molar-refractivity contribution in [3.05, 3.63) is 71.2 Å². The Kier molecular flexibility index (Phi) is 12.2. The van der Waals surface area contributed by atoms with E-state index >= 15 is 0 Å². The molecule has 0 spiro atoms. The van der Waals surface area contributed by atoms with Gasteiger partial charge in [-0.1, -0.05) is 58.2 Å². The van der Waals surface area contributed by atoms with Crippen molar-refractivity contribution < 1.29 is 59.9 Å². The number of carbonyl (C=O) groups is 1. The van der Waals surface area contributed by atoms with Crippen LogP contribution in [0.5, 0.6) is 0 Å². The molecule has 1 amide bonds. The van der Waals surface area contributed by atoms with Crippen molar-refractivity contribution in [2.45, 2.75) is 83.1 Å². The van der Waals surface area contributed by atoms with E-state index in [9.17, 15) is 36.2 Å². The van der Waals surface area contributed by atoms with Crippen LogP contribution in [0, 0.1) is 17.5 Å². The highest BCUT2D eigenvalue weighted by Gasteiger charge is 2.55. The maximum Gasteiger partial charge on any atom is 0.416 e. The largest absolute Gasteiger partial charge is 0.445 e. The molecule has 0 aliphatic carbocycles. The van der Waals surface area contributed by atoms with E-state index in [2.05, 4.69) is 10.3 Å². The molecular formula is C34H35Cl3F6N4O7S. The van der Waals surface area contributed by atoms with Crippen LogP contribution in [0.2, 0.25) is 0 Å². The number of nitrogens with zero attached hydrogens (tertiary/aromatic N) is 4. The third-order valence-corrected chi connectivity index (χ3v) is 11.5. The molecule has 21 heteroatoms. The minimum Gasteiger partial charge on any atom is -0.445 e. The van der Waals surface area contributed by atoms with Gasteiger partial charge in [-0.2, -0.15) is 13.2 Å². The van der Waals surface area contributed by atoms with Gasteiger partial charge in [-0.15, -0.1) is 16.9 Å². The van der Waals surface area contributed by atoms with Crippen LogP contribution in [0.4, 0.5) is 31.1 Å². The first-order valence-corrected chi connectivity index (χ1v) is 18.9. The average molecular weight is 864 g/mol. The van der Waals surface area contributed by atoms with Gasteiger partial charge in [0.15, 0.2) is 23.2 Å². The topological polar surface area (TPSA) is 117 Å². The lowest BCUT2D eigenvalue weighted by atomic mass is 9.83. The number of hydrogen-bond donors (Lipinski definition) is 1. The Morgan fingerprint density at radius 2 is 1.76 bits per heavy atom. The zero-order valence-corrected chi connectivity index (χ0v) is 32.3. The van der Waals surface area contributed by atoms with Crippen LogP contribution in [0.3, 0.4) is 0 Å². The maximum absolute atomic E-state index is 14.6. The van der Waals surface area contributed by atoms with E-state index in [1.165, 1.54) is 41.1 Å². The number of benzene rings is 2. The molecule has 55 heavy (non-hydrogen) atoms. The van der Waals surface area contributed by atoms with Gasteiger partial charge < -0.3 is 33.7 Å². The summed E-state index contributed by atoms with van der Waals surface area (Å²) in [5.74, 6) is -5.67. The van der Waals surface area contributed by atoms with Crippen molar-refractivity contribution in [1.82, 2.24) is 19.9 Å². The number of amides is 1. The third-order valence-electron chi connectivity index (χ3n) is 9.55. The molecule has 3 aromatic rings. The Balaban J connectivity index is 1.36. The number of piperidine rings is 1. The highest BCUT2D eigenvalue weighted by molar-refractivity contribution is 8.00. The van der Waals surface area contributed by atoms with Crippen LogP contribution in [-0.4, -0.2) is 103 Å². The number of likely N-dealkylation sites (tertiary alicyclic amines) is 1. The van der Waals surface area contributed by atoms with Crippen LogP contribution in [0.15, 0.2) is 42.6 Å². The molecule has 6 rings (SSSR count). The summed E-state index contributed by atoms with van der Waals surface area (Å²) in [7, 11) is 1.34. The second-order valence-electron chi connectivity index (χ2n) is 13.7. The molecule has 0 saturated carbocycles. The molecule has 302 valence electrons. The van der Waals surface area contributed by atoms with Crippen LogP contribution in [-0.2, 0) is 29.9 Å². The predicted molar refractivity (Wildman–Crippen MR) is 188 cm³/mol. The number of carbonyl (C=O) groups excluding carboxylic acids is 1. The molecule has 3 saturated heterocycles. The Bertz CT molecular complexity index is 1840. The second kappa shape index (κ2) is 16.0. The number of alkyl halides is 6. The van der Waals surface area contributed by atoms with E-state index in [0.717, 1.165) is 30.0 Å². The second-order valence-corrected chi connectivity index (χ2v) is 17.5. The number of methoxy groups -OCH3 is 1. The van der Waals surface area contributed by atoms with Crippen LogP contribution < -0.4 is 0 Å². The van der Waals surface area contributed by atoms with Crippen molar-refractivity contribution >= 4 is 52.7 Å². The summed E-state index contributed by atoms with van der Waals surface area (Å²) in [6.07, 6.45) is -7.48. The zero-order valence-electron chi connectivity index (χ0n) is 29.2. The van der Waals surface area contributed by atoms with Crippen molar-refractivity contribution in [3.8, 4) is 11.3 Å². The molecule has 0 radical (unpaired) electrons. The lowest BCUT2D eigenvalue weighted by molar-refractivity contribution is -0.342. The summed E-state index contributed by atoms with van der Waals surface area (Å²) in [6, 6.07) is 5.41. The summed E-state index contributed by atoms with van der Waals surface area (Å²) < 4.78 is 115. The minimum absolute atomic E-state index is 0.0308. The van der Waals surface area contributed by atoms with E-state index < -0.39 is 92.1 Å². The van der Waals surface area contributed by atoms with Crippen LogP contribution >= 0.6 is 46.6 Å². The minimum atomic E-state index is -4.82. The number of halogens is 9. The first kappa shape index (κ1) is 42.1. The number of hydrogen-bond acceptors (Lipinski definition) is 10. The Hall–Kier alpha value is -2.55. The van der Waals surface area contributed by atoms with Gasteiger partial charge in [-0.3, -0.25) is 0 Å². The van der Waals surface area contributed by atoms with Crippen molar-refractivity contribution in [3.63, 3.8) is 0 Å². The number of ether oxygens (including phenoxy) is 5. The monoisotopic (exact) mass is 862 g/mol. The number of fused-ring (bicyclic) bond motifs is 1. The number of thioether (sulfide) groups is 1. The molecule has 1 unspecified atom stereocenters. The van der Waals surface area contributed by atoms with E-state index in [0.29, 0.717) is 0 Å². The smallest absolute Gasteiger partial charge is 0.416 e. The molecule has 2 aromatic carbocycles. The first-order chi connectivity index (χ1) is 25.7. The predicted octanol–water partition coefficient (Wildman–Crippen LogP) is 7.62. The Morgan fingerprint density at radius 1 is 1.11 bits per heavy atom. The van der Waals surface area contributed by atoms with Gasteiger partial charge in [0.1, 0.15) is 42.1 Å². The summed E-state index contributed by atoms with van der Waals surface area (Å²) in [5.41, 5.74) is -4.38. The molecule has 6 atom stereocenters. The number of aliphatic hydroxyl groups is 1. The van der Waals surface area contributed by atoms with Crippen LogP contribution in [0.1, 0.15) is 49.1 Å². The fourth-order valence-corrected chi connectivity index (χ4v) is 8.83. The van der Waals surface area contributed by atoms with Gasteiger partial charge in [0, 0.05) is 25.8 Å². The maximum atomic E-state index is 14.6. The summed E-state index contributed by atoms with van der Waals surface area (Å²) in [4.78, 5) is 14.0. The van der Waals surface area contributed by atoms with Gasteiger partial charge in [0.05, 0.1) is 29.2 Å². The van der Waals surface area contributed by atoms with Gasteiger partial charge >= 0.3 is 12.3 Å². The normalized spacial score (nSPS) is 26.0. The summed E-state index contributed by atoms with van der Waals surface area (Å²) in [6.45, 7) is 2.52. The van der Waals surface area contributed by atoms with Gasteiger partial charge in [-0.05, 0) is 50.5 Å². The standard InChI is InChI=1S/C34H35Cl3F6N4O7S/c1-31(2)52-15-23-26(54-31)25(47-14-22(44-45-47)17-12-20(38)24(40)21(39)13-17)27(50-3)29(53-23)55-28(18-6-4-5-7-19(18)34(41,42)43)32(49)8-10-46(11-9-32)30(48)51-16-33(35,36)37/h4-7,12-14,23,25-29,49H,8-11,15-16H2,1-3H3/t23-,25+,26+,27-,28?,29+/m1/s1. The number of aromatic nitrogens is 3. The Morgan fingerprint density at radius 3 is 2.38 bits per heavy atom. The molecule has 3 fully saturated rings. The summed E-state index contributed by atoms with van der Waals surface area (Å²) in [5, 5.41) is 19.2. The fourth-order valence-electron chi connectivity index (χ4n) is 6.92. The van der Waals surface area contributed by atoms with Gasteiger partial charge in [0.2, 0.25) is 3.79 Å². The SMILES string of the molecule is CO[C@@H]1[C@@H](n2cc(-c3cc(F)c(F)c(F)c3)nn2)[C@H]2OC(C)(C)OC[C@H]2O[C@H]1SC(c1ccccc1C(F)(F)F)C1(O)CCN(C(=O)OCC(Cl)(Cl)Cl)CC1. The molecule has 1 aromatic heterocycles. The lowest BCUT2D eigenvalue weighted by Crippen LogP contribution is -2.62. The molecule has 4 heterocycles. The van der Waals surface area contributed by atoms with Crippen molar-refractivity contribution in [2.24, 2.45) is 0 Å². The van der Waals surface area contributed by atoms with E-state index in [1.807, 2.05) is 0 Å². The highest BCUT2D eigenvalue weighted by Crippen LogP contribution is 2.53. The van der Waals surface area contributed by atoms with Crippen molar-refractivity contribution in [1.29, 1.82) is 0 Å². The first-order valence-electron chi connectivity index (χ1n) is 16.8. The van der Waals surface area contributed by atoms with Gasteiger partial charge in [0.25, 0.3) is 0 Å². The van der Waals surface area contributed by atoms with E-state index in [-0.39, 0.29) is 49.4 Å². The average Bonchev–Trinajstić information content (AvgIpc) is 3.60. The fraction of sp³-hybridized carbons (Fsp3) is 0.559. The summed E-state index contributed by atoms with van der Waals surface area (Å²) >= 11 is 18.0. The zero-order chi connectivity index (χ0) is 40.1. The quantitative estimate of drug-likeness (QED) is 0.138. The number of rotatable bonds is 8. The van der Waals surface area contributed by atoms with Crippen LogP contribution in [0.25, 0.3) is 11.3 Å².